The van der Waals surface area contributed by atoms with Gasteiger partial charge in [-0.1, -0.05) is 84.4 Å². The van der Waals surface area contributed by atoms with Crippen LogP contribution >= 0.6 is 0 Å². The van der Waals surface area contributed by atoms with Gasteiger partial charge in [-0.05, 0) is 29.2 Å². The zero-order chi connectivity index (χ0) is 17.8. The lowest BCUT2D eigenvalue weighted by molar-refractivity contribution is 0.198. The molecule has 1 fully saturated rings. The third-order valence-corrected chi connectivity index (χ3v) is 5.21. The van der Waals surface area contributed by atoms with E-state index in [4.69, 9.17) is 0 Å². The average molecular weight is 342 g/mol. The lowest BCUT2D eigenvalue weighted by Gasteiger charge is -2.35. The molecular weight excluding hydrogens is 316 g/mol. The van der Waals surface area contributed by atoms with Crippen LogP contribution in [0.3, 0.4) is 0 Å². The first-order valence-corrected chi connectivity index (χ1v) is 9.48. The minimum absolute atomic E-state index is 0.321. The minimum Gasteiger partial charge on any atom is -0.314 e. The maximum Gasteiger partial charge on any atom is 0.0602 e. The molecule has 0 amide bonds. The first kappa shape index (κ1) is 17.0. The fourth-order valence-electron chi connectivity index (χ4n) is 3.88. The summed E-state index contributed by atoms with van der Waals surface area (Å²) in [6.45, 7) is 6.46. The van der Waals surface area contributed by atoms with E-state index >= 15 is 0 Å². The van der Waals surface area contributed by atoms with Crippen molar-refractivity contribution in [1.29, 1.82) is 0 Å². The predicted molar refractivity (Wildman–Crippen MR) is 109 cm³/mol. The number of nitrogens with one attached hydrogen (secondary N) is 1. The third kappa shape index (κ3) is 3.72. The molecule has 0 aromatic heterocycles. The quantitative estimate of drug-likeness (QED) is 0.742. The molecule has 3 aromatic carbocycles. The molecule has 26 heavy (non-hydrogen) atoms. The Balaban J connectivity index is 1.69. The van der Waals surface area contributed by atoms with Crippen molar-refractivity contribution in [1.82, 2.24) is 10.2 Å². The van der Waals surface area contributed by atoms with Gasteiger partial charge in [0, 0.05) is 26.2 Å². The highest BCUT2D eigenvalue weighted by atomic mass is 15.2. The monoisotopic (exact) mass is 342 g/mol. The molecular formula is C24H26N2. The number of benzene rings is 3. The van der Waals surface area contributed by atoms with Crippen LogP contribution < -0.4 is 5.32 Å². The topological polar surface area (TPSA) is 15.3 Å². The van der Waals surface area contributed by atoms with Gasteiger partial charge in [0.1, 0.15) is 0 Å². The fourth-order valence-corrected chi connectivity index (χ4v) is 3.88. The van der Waals surface area contributed by atoms with E-state index in [1.165, 1.54) is 27.8 Å². The molecule has 1 atom stereocenters. The first-order valence-electron chi connectivity index (χ1n) is 9.48. The van der Waals surface area contributed by atoms with Crippen molar-refractivity contribution in [2.75, 3.05) is 26.2 Å². The van der Waals surface area contributed by atoms with Gasteiger partial charge in [-0.3, -0.25) is 4.90 Å². The second-order valence-corrected chi connectivity index (χ2v) is 7.09. The summed E-state index contributed by atoms with van der Waals surface area (Å²) >= 11 is 0. The van der Waals surface area contributed by atoms with Crippen LogP contribution in [0.5, 0.6) is 0 Å². The number of hydrogen-bond donors (Lipinski definition) is 1. The van der Waals surface area contributed by atoms with Crippen molar-refractivity contribution in [3.8, 4) is 11.1 Å². The molecule has 0 spiro atoms. The summed E-state index contributed by atoms with van der Waals surface area (Å²) in [7, 11) is 0. The Labute approximate surface area is 156 Å². The molecule has 1 N–H and O–H groups in total. The van der Waals surface area contributed by atoms with Gasteiger partial charge in [0.15, 0.2) is 0 Å². The van der Waals surface area contributed by atoms with Gasteiger partial charge in [0.05, 0.1) is 6.04 Å². The Hall–Kier alpha value is -2.42. The molecule has 2 heteroatoms. The zero-order valence-electron chi connectivity index (χ0n) is 15.4. The lowest BCUT2D eigenvalue weighted by atomic mass is 9.93. The zero-order valence-corrected chi connectivity index (χ0v) is 15.4. The van der Waals surface area contributed by atoms with E-state index in [2.05, 4.69) is 96.0 Å². The molecule has 4 rings (SSSR count). The summed E-state index contributed by atoms with van der Waals surface area (Å²) in [6.07, 6.45) is 0. The van der Waals surface area contributed by atoms with Gasteiger partial charge in [-0.15, -0.1) is 0 Å². The largest absolute Gasteiger partial charge is 0.314 e. The van der Waals surface area contributed by atoms with Crippen molar-refractivity contribution in [3.63, 3.8) is 0 Å². The van der Waals surface area contributed by atoms with E-state index in [1.807, 2.05) is 0 Å². The van der Waals surface area contributed by atoms with E-state index in [1.54, 1.807) is 0 Å². The Morgan fingerprint density at radius 3 is 2.12 bits per heavy atom. The summed E-state index contributed by atoms with van der Waals surface area (Å²) < 4.78 is 0. The second-order valence-electron chi connectivity index (χ2n) is 7.09. The van der Waals surface area contributed by atoms with Crippen LogP contribution in [-0.4, -0.2) is 31.1 Å². The van der Waals surface area contributed by atoms with Crippen molar-refractivity contribution < 1.29 is 0 Å². The molecule has 2 nitrogen and oxygen atoms in total. The molecule has 0 aliphatic carbocycles. The van der Waals surface area contributed by atoms with Crippen LogP contribution in [0.15, 0.2) is 78.9 Å². The van der Waals surface area contributed by atoms with Gasteiger partial charge in [-0.25, -0.2) is 0 Å². The van der Waals surface area contributed by atoms with E-state index in [0.717, 1.165) is 26.2 Å². The molecule has 0 radical (unpaired) electrons. The van der Waals surface area contributed by atoms with Crippen LogP contribution in [0.1, 0.15) is 22.7 Å². The Kier molecular flexibility index (Phi) is 5.14. The SMILES string of the molecule is Cc1cccc(C(c2ccc(-c3ccccc3)cc2)N2CCNCC2)c1. The van der Waals surface area contributed by atoms with Gasteiger partial charge >= 0.3 is 0 Å². The highest BCUT2D eigenvalue weighted by Gasteiger charge is 2.23. The molecule has 0 saturated carbocycles. The average Bonchev–Trinajstić information content (AvgIpc) is 2.70. The maximum atomic E-state index is 3.47. The summed E-state index contributed by atoms with van der Waals surface area (Å²) in [6, 6.07) is 29.0. The fraction of sp³-hybridized carbons (Fsp3) is 0.250. The second kappa shape index (κ2) is 7.86. The van der Waals surface area contributed by atoms with Crippen molar-refractivity contribution in [2.24, 2.45) is 0 Å². The van der Waals surface area contributed by atoms with E-state index in [9.17, 15) is 0 Å². The normalized spacial score (nSPS) is 16.3. The number of nitrogens with zero attached hydrogens (tertiary/aromatic N) is 1. The summed E-state index contributed by atoms with van der Waals surface area (Å²) in [5.41, 5.74) is 6.63. The molecule has 1 unspecified atom stereocenters. The predicted octanol–water partition coefficient (Wildman–Crippen LogP) is 4.66. The van der Waals surface area contributed by atoms with Crippen molar-refractivity contribution in [2.45, 2.75) is 13.0 Å². The maximum absolute atomic E-state index is 3.47. The molecule has 1 aliphatic rings. The van der Waals surface area contributed by atoms with E-state index in [0.29, 0.717) is 6.04 Å². The Morgan fingerprint density at radius 1 is 0.731 bits per heavy atom. The molecule has 0 bridgehead atoms. The van der Waals surface area contributed by atoms with Crippen LogP contribution in [0.2, 0.25) is 0 Å². The smallest absolute Gasteiger partial charge is 0.0602 e. The number of piperazine rings is 1. The summed E-state index contributed by atoms with van der Waals surface area (Å²) in [4.78, 5) is 2.60. The lowest BCUT2D eigenvalue weighted by Crippen LogP contribution is -2.45. The third-order valence-electron chi connectivity index (χ3n) is 5.21. The molecule has 3 aromatic rings. The molecule has 1 aliphatic heterocycles. The van der Waals surface area contributed by atoms with Gasteiger partial charge in [0.2, 0.25) is 0 Å². The van der Waals surface area contributed by atoms with Gasteiger partial charge < -0.3 is 5.32 Å². The Morgan fingerprint density at radius 2 is 1.42 bits per heavy atom. The van der Waals surface area contributed by atoms with E-state index < -0.39 is 0 Å². The van der Waals surface area contributed by atoms with Gasteiger partial charge in [-0.2, -0.15) is 0 Å². The summed E-state index contributed by atoms with van der Waals surface area (Å²) in [5.74, 6) is 0. The van der Waals surface area contributed by atoms with Gasteiger partial charge in [0.25, 0.3) is 0 Å². The first-order chi connectivity index (χ1) is 12.8. The number of hydrogen-bond acceptors (Lipinski definition) is 2. The highest BCUT2D eigenvalue weighted by Crippen LogP contribution is 2.31. The minimum atomic E-state index is 0.321. The number of rotatable bonds is 4. The molecule has 1 heterocycles. The van der Waals surface area contributed by atoms with Crippen LogP contribution in [0.25, 0.3) is 11.1 Å². The van der Waals surface area contributed by atoms with Crippen molar-refractivity contribution >= 4 is 0 Å². The summed E-state index contributed by atoms with van der Waals surface area (Å²) in [5, 5.41) is 3.47. The standard InChI is InChI=1S/C24H26N2/c1-19-6-5-9-23(18-19)24(26-16-14-25-15-17-26)22-12-10-21(11-13-22)20-7-3-2-4-8-20/h2-13,18,24-25H,14-17H2,1H3. The number of aryl methyl sites for hydroxylation is 1. The van der Waals surface area contributed by atoms with Crippen LogP contribution in [0, 0.1) is 6.92 Å². The highest BCUT2D eigenvalue weighted by molar-refractivity contribution is 5.63. The van der Waals surface area contributed by atoms with Crippen LogP contribution in [0.4, 0.5) is 0 Å². The molecule has 1 saturated heterocycles. The molecule has 132 valence electrons. The van der Waals surface area contributed by atoms with Crippen LogP contribution in [-0.2, 0) is 0 Å². The Bertz CT molecular complexity index is 834. The van der Waals surface area contributed by atoms with Crippen molar-refractivity contribution in [3.05, 3.63) is 95.6 Å². The van der Waals surface area contributed by atoms with E-state index in [-0.39, 0.29) is 0 Å².